The zero-order valence-electron chi connectivity index (χ0n) is 7.49. The lowest BCUT2D eigenvalue weighted by atomic mass is 9.93. The molecule has 0 aromatic heterocycles. The highest BCUT2D eigenvalue weighted by molar-refractivity contribution is 9.09. The molecule has 64 valence electrons. The third kappa shape index (κ3) is 1.53. The highest BCUT2D eigenvalue weighted by Crippen LogP contribution is 2.66. The Bertz CT molecular complexity index is 160. The van der Waals surface area contributed by atoms with Gasteiger partial charge in [-0.15, -0.1) is 6.58 Å². The van der Waals surface area contributed by atoms with Crippen molar-refractivity contribution in [2.24, 2.45) is 10.8 Å². The fourth-order valence-electron chi connectivity index (χ4n) is 1.90. The Hall–Kier alpha value is 0.220. The highest BCUT2D eigenvalue weighted by Gasteiger charge is 2.58. The average molecular weight is 217 g/mol. The van der Waals surface area contributed by atoms with Crippen LogP contribution in [0.25, 0.3) is 0 Å². The predicted octanol–water partition coefficient (Wildman–Crippen LogP) is 3.76. The first-order chi connectivity index (χ1) is 5.08. The predicted molar refractivity (Wildman–Crippen MR) is 54.1 cm³/mol. The molecule has 0 N–H and O–H groups in total. The summed E-state index contributed by atoms with van der Waals surface area (Å²) in [6.45, 7) is 8.48. The smallest absolute Gasteiger partial charge is 0.00933 e. The molecule has 1 saturated carbocycles. The monoisotopic (exact) mass is 216 g/mol. The first kappa shape index (κ1) is 9.31. The summed E-state index contributed by atoms with van der Waals surface area (Å²) in [5.74, 6) is 0. The molecule has 0 aromatic rings. The molecule has 0 amide bonds. The van der Waals surface area contributed by atoms with Crippen LogP contribution < -0.4 is 0 Å². The second-order valence-electron chi connectivity index (χ2n) is 4.30. The van der Waals surface area contributed by atoms with E-state index in [2.05, 4.69) is 36.4 Å². The number of halogens is 1. The first-order valence-electron chi connectivity index (χ1n) is 4.25. The quantitative estimate of drug-likeness (QED) is 0.496. The summed E-state index contributed by atoms with van der Waals surface area (Å²) >= 11 is 3.60. The summed E-state index contributed by atoms with van der Waals surface area (Å²) in [6, 6.07) is 0. The van der Waals surface area contributed by atoms with Gasteiger partial charge in [0.05, 0.1) is 0 Å². The number of allylic oxidation sites excluding steroid dienone is 1. The Kier molecular flexibility index (Phi) is 2.48. The molecule has 1 fully saturated rings. The van der Waals surface area contributed by atoms with E-state index in [0.717, 1.165) is 11.8 Å². The van der Waals surface area contributed by atoms with Crippen LogP contribution in [0.4, 0.5) is 0 Å². The van der Waals surface area contributed by atoms with Gasteiger partial charge in [-0.1, -0.05) is 35.9 Å². The zero-order valence-corrected chi connectivity index (χ0v) is 9.08. The molecule has 0 saturated heterocycles. The van der Waals surface area contributed by atoms with E-state index < -0.39 is 0 Å². The van der Waals surface area contributed by atoms with Crippen LogP contribution in [0.1, 0.15) is 33.1 Å². The average Bonchev–Trinajstić information content (AvgIpc) is 2.50. The largest absolute Gasteiger partial charge is 0.103 e. The molecule has 1 atom stereocenters. The third-order valence-corrected chi connectivity index (χ3v) is 4.25. The van der Waals surface area contributed by atoms with E-state index in [1.54, 1.807) is 0 Å². The number of hydrogen-bond donors (Lipinski definition) is 0. The lowest BCUT2D eigenvalue weighted by Gasteiger charge is -2.15. The van der Waals surface area contributed by atoms with Crippen LogP contribution in [-0.4, -0.2) is 5.33 Å². The minimum atomic E-state index is 0.569. The first-order valence-corrected chi connectivity index (χ1v) is 5.37. The van der Waals surface area contributed by atoms with E-state index in [0.29, 0.717) is 10.8 Å². The summed E-state index contributed by atoms with van der Waals surface area (Å²) < 4.78 is 0. The summed E-state index contributed by atoms with van der Waals surface area (Å²) in [5.41, 5.74) is 1.15. The Morgan fingerprint density at radius 3 is 2.36 bits per heavy atom. The van der Waals surface area contributed by atoms with E-state index in [-0.39, 0.29) is 0 Å². The number of alkyl halides is 1. The van der Waals surface area contributed by atoms with Gasteiger partial charge >= 0.3 is 0 Å². The standard InChI is InChI=1S/C10H17Br/c1-4-5-6-10(8-11)7-9(10,2)3/h4H,1,5-8H2,2-3H3. The maximum Gasteiger partial charge on any atom is 0.00933 e. The van der Waals surface area contributed by atoms with Gasteiger partial charge in [0.2, 0.25) is 0 Å². The molecule has 0 aromatic carbocycles. The molecule has 1 heteroatoms. The summed E-state index contributed by atoms with van der Waals surface area (Å²) in [6.07, 6.45) is 5.86. The van der Waals surface area contributed by atoms with Gasteiger partial charge in [-0.25, -0.2) is 0 Å². The van der Waals surface area contributed by atoms with E-state index in [1.165, 1.54) is 12.8 Å². The minimum Gasteiger partial charge on any atom is -0.103 e. The fourth-order valence-corrected chi connectivity index (χ4v) is 3.14. The van der Waals surface area contributed by atoms with Crippen molar-refractivity contribution in [1.29, 1.82) is 0 Å². The van der Waals surface area contributed by atoms with Gasteiger partial charge in [-0.2, -0.15) is 0 Å². The number of rotatable bonds is 4. The lowest BCUT2D eigenvalue weighted by molar-refractivity contribution is 0.403. The molecule has 1 unspecified atom stereocenters. The van der Waals surface area contributed by atoms with Crippen molar-refractivity contribution in [2.45, 2.75) is 33.1 Å². The maximum absolute atomic E-state index is 3.76. The fraction of sp³-hybridized carbons (Fsp3) is 0.800. The van der Waals surface area contributed by atoms with Crippen LogP contribution in [0.2, 0.25) is 0 Å². The molecular formula is C10H17Br. The highest BCUT2D eigenvalue weighted by atomic mass is 79.9. The third-order valence-electron chi connectivity index (χ3n) is 3.17. The van der Waals surface area contributed by atoms with Crippen molar-refractivity contribution >= 4 is 15.9 Å². The second kappa shape index (κ2) is 2.93. The molecule has 0 heterocycles. The molecule has 0 radical (unpaired) electrons. The van der Waals surface area contributed by atoms with Gasteiger partial charge in [0, 0.05) is 5.33 Å². The Morgan fingerprint density at radius 1 is 1.55 bits per heavy atom. The van der Waals surface area contributed by atoms with E-state index >= 15 is 0 Å². The SMILES string of the molecule is C=CCCC1(CBr)CC1(C)C. The molecule has 0 spiro atoms. The Morgan fingerprint density at radius 2 is 2.09 bits per heavy atom. The molecule has 0 nitrogen and oxygen atoms in total. The van der Waals surface area contributed by atoms with E-state index in [1.807, 2.05) is 6.08 Å². The van der Waals surface area contributed by atoms with Gasteiger partial charge in [0.15, 0.2) is 0 Å². The zero-order chi connectivity index (χ0) is 8.54. The van der Waals surface area contributed by atoms with Crippen LogP contribution in [0.15, 0.2) is 12.7 Å². The summed E-state index contributed by atoms with van der Waals surface area (Å²) in [4.78, 5) is 0. The molecule has 0 aliphatic heterocycles. The number of hydrogen-bond acceptors (Lipinski definition) is 0. The van der Waals surface area contributed by atoms with Crippen molar-refractivity contribution in [3.63, 3.8) is 0 Å². The normalized spacial score (nSPS) is 33.4. The van der Waals surface area contributed by atoms with Gasteiger partial charge in [-0.05, 0) is 30.1 Å². The summed E-state index contributed by atoms with van der Waals surface area (Å²) in [7, 11) is 0. The van der Waals surface area contributed by atoms with Gasteiger partial charge < -0.3 is 0 Å². The van der Waals surface area contributed by atoms with E-state index in [4.69, 9.17) is 0 Å². The Balaban J connectivity index is 2.46. The molecule has 1 aliphatic carbocycles. The molecule has 1 aliphatic rings. The van der Waals surface area contributed by atoms with Crippen molar-refractivity contribution < 1.29 is 0 Å². The van der Waals surface area contributed by atoms with Crippen molar-refractivity contribution in [3.05, 3.63) is 12.7 Å². The van der Waals surface area contributed by atoms with Gasteiger partial charge in [-0.3, -0.25) is 0 Å². The molecule has 11 heavy (non-hydrogen) atoms. The van der Waals surface area contributed by atoms with Crippen LogP contribution in [0.5, 0.6) is 0 Å². The molecule has 0 bridgehead atoms. The van der Waals surface area contributed by atoms with Crippen LogP contribution in [0, 0.1) is 10.8 Å². The van der Waals surface area contributed by atoms with Crippen LogP contribution in [0.3, 0.4) is 0 Å². The lowest BCUT2D eigenvalue weighted by Crippen LogP contribution is -2.09. The van der Waals surface area contributed by atoms with Crippen molar-refractivity contribution in [2.75, 3.05) is 5.33 Å². The van der Waals surface area contributed by atoms with Crippen molar-refractivity contribution in [3.8, 4) is 0 Å². The topological polar surface area (TPSA) is 0 Å². The second-order valence-corrected chi connectivity index (χ2v) is 4.86. The van der Waals surface area contributed by atoms with Crippen LogP contribution >= 0.6 is 15.9 Å². The van der Waals surface area contributed by atoms with Gasteiger partial charge in [0.25, 0.3) is 0 Å². The molecular weight excluding hydrogens is 200 g/mol. The van der Waals surface area contributed by atoms with E-state index in [9.17, 15) is 0 Å². The summed E-state index contributed by atoms with van der Waals surface area (Å²) in [5, 5.41) is 1.15. The minimum absolute atomic E-state index is 0.569. The van der Waals surface area contributed by atoms with Crippen molar-refractivity contribution in [1.82, 2.24) is 0 Å². The Labute approximate surface area is 78.2 Å². The van der Waals surface area contributed by atoms with Crippen LogP contribution in [-0.2, 0) is 0 Å². The molecule has 1 rings (SSSR count). The maximum atomic E-state index is 3.76. The van der Waals surface area contributed by atoms with Gasteiger partial charge in [0.1, 0.15) is 0 Å².